The molecule has 21 heteroatoms. The fourth-order valence-electron chi connectivity index (χ4n) is 8.80. The molecule has 0 spiro atoms. The van der Waals surface area contributed by atoms with Gasteiger partial charge in [0.25, 0.3) is 0 Å². The van der Waals surface area contributed by atoms with Crippen LogP contribution in [0.15, 0.2) is 0 Å². The summed E-state index contributed by atoms with van der Waals surface area (Å²) in [6.07, 6.45) is 16.6. The van der Waals surface area contributed by atoms with Crippen molar-refractivity contribution < 1.29 is 50.8 Å². The van der Waals surface area contributed by atoms with Crippen molar-refractivity contribution in [1.29, 1.82) is 0 Å². The van der Waals surface area contributed by atoms with Crippen LogP contribution in [-0.2, 0) is 36.8 Å². The maximum atomic E-state index is 12.9. The lowest BCUT2D eigenvalue weighted by Gasteiger charge is -2.38. The number of carbonyl (C=O) groups is 4. The van der Waals surface area contributed by atoms with E-state index in [4.69, 9.17) is 27.2 Å². The first kappa shape index (κ1) is 78.0. The minimum Gasteiger partial charge on any atom is -0.463 e. The molecule has 0 bridgehead atoms. The van der Waals surface area contributed by atoms with Gasteiger partial charge in [-0.3, -0.25) is 9.59 Å². The molecule has 464 valence electrons. The van der Waals surface area contributed by atoms with Crippen LogP contribution in [0.2, 0.25) is 51.4 Å². The average molecular weight is 1170 g/mol. The lowest BCUT2D eigenvalue weighted by Crippen LogP contribution is -2.56. The molecule has 0 aliphatic carbocycles. The summed E-state index contributed by atoms with van der Waals surface area (Å²) in [5.74, 6) is -0.287. The second-order valence-corrected chi connectivity index (χ2v) is 36.9. The first-order valence-electron chi connectivity index (χ1n) is 30.3. The number of hydrogen-bond donors (Lipinski definition) is 2. The van der Waals surface area contributed by atoms with Crippen LogP contribution >= 0.6 is 0 Å². The number of nitrogens with zero attached hydrogens (tertiary/aromatic N) is 6. The van der Waals surface area contributed by atoms with Gasteiger partial charge in [0.05, 0.1) is 33.4 Å². The minimum atomic E-state index is -2.13. The van der Waals surface area contributed by atoms with E-state index in [1.165, 1.54) is 0 Å². The molecule has 0 saturated carbocycles. The second-order valence-electron chi connectivity index (χ2n) is 24.2. The number of carbonyl (C=O) groups excluding carboxylic acids is 4. The van der Waals surface area contributed by atoms with Gasteiger partial charge < -0.3 is 62.3 Å². The van der Waals surface area contributed by atoms with E-state index in [2.05, 4.69) is 147 Å². The number of quaternary nitrogens is 1. The number of amides is 4. The molecule has 0 aliphatic rings. The first-order chi connectivity index (χ1) is 36.7. The van der Waals surface area contributed by atoms with Crippen LogP contribution in [0.4, 0.5) is 9.59 Å². The first-order valence-corrected chi connectivity index (χ1v) is 39.4. The molecule has 0 atom stereocenters. The fourth-order valence-corrected chi connectivity index (χ4v) is 22.0. The molecule has 0 aromatic rings. The Morgan fingerprint density at radius 1 is 0.449 bits per heavy atom. The molecule has 0 radical (unpaired) electrons. The molecule has 0 aromatic carbocycles. The third-order valence-corrected chi connectivity index (χ3v) is 24.9. The largest absolute Gasteiger partial charge is 0.463 e. The van der Waals surface area contributed by atoms with Gasteiger partial charge in [-0.15, -0.1) is 0 Å². The van der Waals surface area contributed by atoms with E-state index >= 15 is 0 Å². The molecule has 0 aliphatic heterocycles. The molecular formula is C57H125N8O10Si3+. The number of hydrogen-bond acceptors (Lipinski definition) is 14. The highest BCUT2D eigenvalue weighted by molar-refractivity contribution is 6.87. The van der Waals surface area contributed by atoms with E-state index in [9.17, 15) is 19.2 Å². The highest BCUT2D eigenvalue weighted by Gasteiger charge is 2.39. The van der Waals surface area contributed by atoms with E-state index in [1.807, 2.05) is 4.90 Å². The summed E-state index contributed by atoms with van der Waals surface area (Å²) in [5, 5.41) is 6.27. The number of unbranched alkanes of at least 4 members (excludes halogenated alkanes) is 8. The lowest BCUT2D eigenvalue weighted by molar-refractivity contribution is -0.830. The Kier molecular flexibility index (Phi) is 47.5. The predicted octanol–water partition coefficient (Wildman–Crippen LogP) is 9.71. The summed E-state index contributed by atoms with van der Waals surface area (Å²) in [6.45, 7) is 29.2. The van der Waals surface area contributed by atoms with Crippen molar-refractivity contribution in [3.8, 4) is 0 Å². The van der Waals surface area contributed by atoms with E-state index < -0.39 is 25.2 Å². The van der Waals surface area contributed by atoms with Crippen molar-refractivity contribution in [1.82, 2.24) is 35.1 Å². The van der Waals surface area contributed by atoms with Crippen LogP contribution in [-0.4, -0.2) is 247 Å². The number of esters is 2. The molecule has 4 amide bonds. The van der Waals surface area contributed by atoms with Crippen molar-refractivity contribution in [2.24, 2.45) is 0 Å². The molecule has 0 rings (SSSR count). The fraction of sp³-hybridized carbons (Fsp3) is 0.930. The predicted molar refractivity (Wildman–Crippen MR) is 331 cm³/mol. The van der Waals surface area contributed by atoms with Gasteiger partial charge in [-0.2, -0.15) is 0 Å². The van der Waals surface area contributed by atoms with E-state index in [0.29, 0.717) is 70.1 Å². The maximum Gasteiger partial charge on any atom is 0.416 e. The van der Waals surface area contributed by atoms with Crippen LogP contribution < -0.4 is 10.6 Å². The monoisotopic (exact) mass is 1170 g/mol. The minimum absolute atomic E-state index is 0.0443. The SMILES string of the molecule is CCCOCCOC(=O)CCCCCCCNC(=O)[N+](C)(CCCN(C)C)CCCN(C)C.CC[Si](C)(C)O[Si](C)(C)O[Si](C)(C)CCCOCCOC(=O)CCCCCCCNC(=O)N(CCCN(C)C)CCCN(C)C. The standard InChI is InChI=1S/C32H72N4O6Si3.C25H52N4O4/c1-12-43(6,7)41-45(10,11)42-44(8,9)30-20-27-39-28-29-40-31(37)21-16-14-13-15-17-22-33-32(38)36(25-18-23-34(2)3)26-19-24-35(4)5;1-7-21-32-22-23-33-24(30)15-11-9-8-10-12-16-26-25(31)29(6,19-13-17-27(2)3)20-14-18-28(4)5/h12-30H2,1-11H3,(H,33,38);7-23H2,1-6H3/p+1. The highest BCUT2D eigenvalue weighted by atomic mass is 28.5. The van der Waals surface area contributed by atoms with Crippen molar-refractivity contribution in [2.75, 3.05) is 169 Å². The van der Waals surface area contributed by atoms with Gasteiger partial charge in [0.1, 0.15) is 13.2 Å². The number of ether oxygens (including phenoxy) is 4. The summed E-state index contributed by atoms with van der Waals surface area (Å²) in [6, 6.07) is 2.31. The van der Waals surface area contributed by atoms with Gasteiger partial charge in [-0.1, -0.05) is 52.4 Å². The third kappa shape index (κ3) is 49.8. The Morgan fingerprint density at radius 3 is 1.31 bits per heavy atom. The summed E-state index contributed by atoms with van der Waals surface area (Å²) in [7, 11) is 13.0. The molecule has 2 N–H and O–H groups in total. The van der Waals surface area contributed by atoms with Crippen LogP contribution in [0.1, 0.15) is 129 Å². The van der Waals surface area contributed by atoms with E-state index in [1.54, 1.807) is 0 Å². The molecular weight excluding hydrogens is 1040 g/mol. The molecule has 18 nitrogen and oxygen atoms in total. The summed E-state index contributed by atoms with van der Waals surface area (Å²) >= 11 is 0. The molecule has 0 unspecified atom stereocenters. The van der Waals surface area contributed by atoms with Crippen LogP contribution in [0.5, 0.6) is 0 Å². The zero-order valence-electron chi connectivity index (χ0n) is 53.7. The Hall–Kier alpha value is -2.03. The Morgan fingerprint density at radius 2 is 0.859 bits per heavy atom. The number of rotatable bonds is 49. The summed E-state index contributed by atoms with van der Waals surface area (Å²) < 4.78 is 35.0. The molecule has 78 heavy (non-hydrogen) atoms. The Bertz CT molecular complexity index is 1470. The van der Waals surface area contributed by atoms with Crippen molar-refractivity contribution in [3.63, 3.8) is 0 Å². The third-order valence-electron chi connectivity index (χ3n) is 13.3. The van der Waals surface area contributed by atoms with Crippen LogP contribution in [0, 0.1) is 0 Å². The molecule has 0 aromatic heterocycles. The topological polar surface area (TPSA) is 164 Å². The molecule has 0 fully saturated rings. The van der Waals surface area contributed by atoms with Crippen molar-refractivity contribution >= 4 is 49.2 Å². The van der Waals surface area contributed by atoms with Crippen molar-refractivity contribution in [2.45, 2.75) is 181 Å². The number of urea groups is 2. The van der Waals surface area contributed by atoms with Gasteiger partial charge in [0.15, 0.2) is 16.6 Å². The molecule has 0 heterocycles. The quantitative estimate of drug-likeness (QED) is 0.0256. The van der Waals surface area contributed by atoms with Crippen molar-refractivity contribution in [3.05, 3.63) is 0 Å². The van der Waals surface area contributed by atoms with Crippen LogP contribution in [0.25, 0.3) is 0 Å². The smallest absolute Gasteiger partial charge is 0.416 e. The van der Waals surface area contributed by atoms with Crippen LogP contribution in [0.3, 0.4) is 0 Å². The summed E-state index contributed by atoms with van der Waals surface area (Å²) in [4.78, 5) is 60.0. The second kappa shape index (κ2) is 47.5. The summed E-state index contributed by atoms with van der Waals surface area (Å²) in [5.41, 5.74) is 0. The maximum absolute atomic E-state index is 12.9. The van der Waals surface area contributed by atoms with E-state index in [-0.39, 0.29) is 24.0 Å². The van der Waals surface area contributed by atoms with E-state index in [0.717, 1.165) is 167 Å². The van der Waals surface area contributed by atoms with Gasteiger partial charge >= 0.3 is 32.6 Å². The average Bonchev–Trinajstić information content (AvgIpc) is 3.33. The Labute approximate surface area is 482 Å². The highest BCUT2D eigenvalue weighted by Crippen LogP contribution is 2.25. The zero-order chi connectivity index (χ0) is 59.3. The van der Waals surface area contributed by atoms with Gasteiger partial charge in [-0.25, -0.2) is 14.1 Å². The zero-order valence-corrected chi connectivity index (χ0v) is 56.7. The van der Waals surface area contributed by atoms with Gasteiger partial charge in [0, 0.05) is 78.2 Å². The van der Waals surface area contributed by atoms with Gasteiger partial charge in [0.2, 0.25) is 0 Å². The number of nitrogens with one attached hydrogen (secondary N) is 2. The van der Waals surface area contributed by atoms with Gasteiger partial charge in [-0.05, 0) is 172 Å². The lowest BCUT2D eigenvalue weighted by atomic mass is 10.1. The molecule has 0 saturated heterocycles. The normalized spacial score (nSPS) is 12.3. The Balaban J connectivity index is 0.